The van der Waals surface area contributed by atoms with Crippen molar-refractivity contribution in [1.29, 1.82) is 0 Å². The van der Waals surface area contributed by atoms with Gasteiger partial charge in [-0.1, -0.05) is 30.8 Å². The SMILES string of the molecule is CCCNC(CSc1nc2ccccc2o1)C(=O)OCC. The van der Waals surface area contributed by atoms with Crippen LogP contribution in [0.4, 0.5) is 0 Å². The van der Waals surface area contributed by atoms with E-state index in [4.69, 9.17) is 9.15 Å². The molecule has 0 saturated carbocycles. The maximum absolute atomic E-state index is 11.9. The van der Waals surface area contributed by atoms with Crippen LogP contribution in [-0.2, 0) is 9.53 Å². The van der Waals surface area contributed by atoms with Gasteiger partial charge in [-0.25, -0.2) is 4.98 Å². The van der Waals surface area contributed by atoms with Crippen LogP contribution in [0.1, 0.15) is 20.3 Å². The third kappa shape index (κ3) is 4.47. The van der Waals surface area contributed by atoms with E-state index < -0.39 is 0 Å². The van der Waals surface area contributed by atoms with Crippen LogP contribution in [-0.4, -0.2) is 35.9 Å². The Morgan fingerprint density at radius 1 is 1.43 bits per heavy atom. The van der Waals surface area contributed by atoms with Crippen LogP contribution in [0.5, 0.6) is 0 Å². The Labute approximate surface area is 128 Å². The molecule has 0 amide bonds. The number of nitrogens with zero attached hydrogens (tertiary/aromatic N) is 1. The standard InChI is InChI=1S/C15H20N2O3S/c1-3-9-16-12(14(18)19-4-2)10-21-15-17-11-7-5-6-8-13(11)20-15/h5-8,12,16H,3-4,9-10H2,1-2H3. The number of nitrogens with one attached hydrogen (secondary N) is 1. The van der Waals surface area contributed by atoms with E-state index >= 15 is 0 Å². The highest BCUT2D eigenvalue weighted by molar-refractivity contribution is 7.99. The second-order valence-corrected chi connectivity index (χ2v) is 5.49. The molecule has 0 aliphatic heterocycles. The smallest absolute Gasteiger partial charge is 0.323 e. The van der Waals surface area contributed by atoms with Gasteiger partial charge in [-0.15, -0.1) is 0 Å². The van der Waals surface area contributed by atoms with E-state index in [1.807, 2.05) is 31.2 Å². The van der Waals surface area contributed by atoms with Crippen LogP contribution < -0.4 is 5.32 Å². The molecule has 2 rings (SSSR count). The van der Waals surface area contributed by atoms with Crippen molar-refractivity contribution in [3.8, 4) is 0 Å². The molecule has 2 aromatic rings. The fourth-order valence-electron chi connectivity index (χ4n) is 1.84. The summed E-state index contributed by atoms with van der Waals surface area (Å²) in [6.45, 7) is 5.03. The number of hydrogen-bond donors (Lipinski definition) is 1. The van der Waals surface area contributed by atoms with Crippen LogP contribution in [0.2, 0.25) is 0 Å². The molecule has 0 spiro atoms. The number of carbonyl (C=O) groups is 1. The zero-order chi connectivity index (χ0) is 15.1. The molecule has 0 radical (unpaired) electrons. The molecule has 1 heterocycles. The maximum atomic E-state index is 11.9. The lowest BCUT2D eigenvalue weighted by Crippen LogP contribution is -2.40. The highest BCUT2D eigenvalue weighted by Gasteiger charge is 2.20. The number of oxazole rings is 1. The highest BCUT2D eigenvalue weighted by Crippen LogP contribution is 2.23. The first kappa shape index (κ1) is 15.9. The van der Waals surface area contributed by atoms with E-state index in [2.05, 4.69) is 17.2 Å². The zero-order valence-electron chi connectivity index (χ0n) is 12.3. The molecular formula is C15H20N2O3S. The fourth-order valence-corrected chi connectivity index (χ4v) is 2.71. The summed E-state index contributed by atoms with van der Waals surface area (Å²) < 4.78 is 10.7. The number of esters is 1. The summed E-state index contributed by atoms with van der Waals surface area (Å²) in [5, 5.41) is 3.77. The van der Waals surface area contributed by atoms with Crippen molar-refractivity contribution in [3.63, 3.8) is 0 Å². The van der Waals surface area contributed by atoms with Gasteiger partial charge >= 0.3 is 5.97 Å². The topological polar surface area (TPSA) is 64.4 Å². The van der Waals surface area contributed by atoms with Gasteiger partial charge in [-0.3, -0.25) is 4.79 Å². The molecule has 1 unspecified atom stereocenters. The highest BCUT2D eigenvalue weighted by atomic mass is 32.2. The zero-order valence-corrected chi connectivity index (χ0v) is 13.1. The molecule has 0 fully saturated rings. The summed E-state index contributed by atoms with van der Waals surface area (Å²) in [6.07, 6.45) is 0.962. The Morgan fingerprint density at radius 3 is 2.95 bits per heavy atom. The van der Waals surface area contributed by atoms with Crippen LogP contribution in [0.15, 0.2) is 33.9 Å². The van der Waals surface area contributed by atoms with Gasteiger partial charge in [0.1, 0.15) is 11.6 Å². The molecule has 1 N–H and O–H groups in total. The second kappa shape index (κ2) is 8.05. The van der Waals surface area contributed by atoms with Crippen LogP contribution in [0, 0.1) is 0 Å². The number of carbonyl (C=O) groups excluding carboxylic acids is 1. The molecule has 5 nitrogen and oxygen atoms in total. The molecule has 21 heavy (non-hydrogen) atoms. The van der Waals surface area contributed by atoms with Gasteiger partial charge in [-0.05, 0) is 32.0 Å². The van der Waals surface area contributed by atoms with Crippen molar-refractivity contribution in [2.45, 2.75) is 31.5 Å². The normalized spacial score (nSPS) is 12.5. The van der Waals surface area contributed by atoms with E-state index in [1.54, 1.807) is 0 Å². The Balaban J connectivity index is 1.97. The average Bonchev–Trinajstić information content (AvgIpc) is 2.90. The third-order valence-corrected chi connectivity index (χ3v) is 3.78. The second-order valence-electron chi connectivity index (χ2n) is 4.52. The Bertz CT molecular complexity index is 552. The summed E-state index contributed by atoms with van der Waals surface area (Å²) >= 11 is 1.42. The summed E-state index contributed by atoms with van der Waals surface area (Å²) in [6, 6.07) is 7.27. The van der Waals surface area contributed by atoms with Gasteiger partial charge in [0, 0.05) is 5.75 Å². The van der Waals surface area contributed by atoms with Crippen LogP contribution in [0.25, 0.3) is 11.1 Å². The van der Waals surface area contributed by atoms with Crippen LogP contribution in [0.3, 0.4) is 0 Å². The number of ether oxygens (including phenoxy) is 1. The van der Waals surface area contributed by atoms with Crippen molar-refractivity contribution in [2.75, 3.05) is 18.9 Å². The van der Waals surface area contributed by atoms with E-state index in [9.17, 15) is 4.79 Å². The van der Waals surface area contributed by atoms with E-state index in [1.165, 1.54) is 11.8 Å². The number of benzene rings is 1. The van der Waals surface area contributed by atoms with Crippen molar-refractivity contribution in [1.82, 2.24) is 10.3 Å². The van der Waals surface area contributed by atoms with Gasteiger partial charge in [0.15, 0.2) is 5.58 Å². The lowest BCUT2D eigenvalue weighted by molar-refractivity contribution is -0.144. The summed E-state index contributed by atoms with van der Waals surface area (Å²) in [5.74, 6) is 0.306. The van der Waals surface area contributed by atoms with Gasteiger partial charge in [0.05, 0.1) is 6.61 Å². The number of hydrogen-bond acceptors (Lipinski definition) is 6. The molecule has 0 aliphatic rings. The fraction of sp³-hybridized carbons (Fsp3) is 0.467. The van der Waals surface area contributed by atoms with E-state index in [0.717, 1.165) is 24.1 Å². The summed E-state index contributed by atoms with van der Waals surface area (Å²) in [4.78, 5) is 16.3. The van der Waals surface area contributed by atoms with E-state index in [-0.39, 0.29) is 12.0 Å². The molecular weight excluding hydrogens is 288 g/mol. The lowest BCUT2D eigenvalue weighted by atomic mass is 10.3. The predicted octanol–water partition coefficient (Wildman–Crippen LogP) is 2.85. The van der Waals surface area contributed by atoms with Gasteiger partial charge in [0.2, 0.25) is 0 Å². The van der Waals surface area contributed by atoms with Gasteiger partial charge in [0.25, 0.3) is 5.22 Å². The van der Waals surface area contributed by atoms with E-state index in [0.29, 0.717) is 17.6 Å². The molecule has 0 bridgehead atoms. The largest absolute Gasteiger partial charge is 0.465 e. The van der Waals surface area contributed by atoms with Crippen molar-refractivity contribution >= 4 is 28.8 Å². The van der Waals surface area contributed by atoms with Gasteiger partial charge < -0.3 is 14.5 Å². The first-order chi connectivity index (χ1) is 10.2. The number of aromatic nitrogens is 1. The monoisotopic (exact) mass is 308 g/mol. The Morgan fingerprint density at radius 2 is 2.24 bits per heavy atom. The van der Waals surface area contributed by atoms with Crippen molar-refractivity contribution in [3.05, 3.63) is 24.3 Å². The Hall–Kier alpha value is -1.53. The summed E-state index contributed by atoms with van der Waals surface area (Å²) in [7, 11) is 0. The van der Waals surface area contributed by atoms with Crippen molar-refractivity contribution in [2.24, 2.45) is 0 Å². The molecule has 114 valence electrons. The maximum Gasteiger partial charge on any atom is 0.323 e. The molecule has 6 heteroatoms. The minimum atomic E-state index is -0.343. The first-order valence-electron chi connectivity index (χ1n) is 7.13. The minimum Gasteiger partial charge on any atom is -0.465 e. The van der Waals surface area contributed by atoms with Crippen molar-refractivity contribution < 1.29 is 13.9 Å². The molecule has 1 aromatic carbocycles. The summed E-state index contributed by atoms with van der Waals surface area (Å²) in [5.41, 5.74) is 1.59. The molecule has 0 saturated heterocycles. The quantitative estimate of drug-likeness (QED) is 0.597. The van der Waals surface area contributed by atoms with Gasteiger partial charge in [-0.2, -0.15) is 0 Å². The average molecular weight is 308 g/mol. The van der Waals surface area contributed by atoms with Crippen LogP contribution >= 0.6 is 11.8 Å². The predicted molar refractivity (Wildman–Crippen MR) is 83.4 cm³/mol. The number of rotatable bonds is 8. The lowest BCUT2D eigenvalue weighted by Gasteiger charge is -2.15. The Kier molecular flexibility index (Phi) is 6.07. The molecule has 1 aromatic heterocycles. The first-order valence-corrected chi connectivity index (χ1v) is 8.11. The minimum absolute atomic E-state index is 0.227. The number of para-hydroxylation sites is 2. The molecule has 0 aliphatic carbocycles. The third-order valence-electron chi connectivity index (χ3n) is 2.86. The molecule has 1 atom stereocenters. The number of thioether (sulfide) groups is 1. The number of fused-ring (bicyclic) bond motifs is 1.